The lowest BCUT2D eigenvalue weighted by molar-refractivity contribution is -0.122. The molecular formula is C26H25NO7. The second kappa shape index (κ2) is 10.2. The highest BCUT2D eigenvalue weighted by atomic mass is 16.5. The van der Waals surface area contributed by atoms with E-state index in [0.29, 0.717) is 28.7 Å². The van der Waals surface area contributed by atoms with E-state index in [2.05, 4.69) is 0 Å². The number of methoxy groups -OCH3 is 3. The van der Waals surface area contributed by atoms with Crippen LogP contribution in [0.5, 0.6) is 23.0 Å². The minimum atomic E-state index is -0.689. The Morgan fingerprint density at radius 1 is 0.912 bits per heavy atom. The molecule has 4 rings (SSSR count). The first-order chi connectivity index (χ1) is 16.6. The first-order valence-corrected chi connectivity index (χ1v) is 10.6. The molecule has 34 heavy (non-hydrogen) atoms. The molecule has 0 aliphatic carbocycles. The molecule has 0 bridgehead atoms. The second-order valence-corrected chi connectivity index (χ2v) is 7.46. The van der Waals surface area contributed by atoms with E-state index in [1.54, 1.807) is 11.0 Å². The van der Waals surface area contributed by atoms with Crippen LogP contribution in [0.1, 0.15) is 22.0 Å². The molecular weight excluding hydrogens is 438 g/mol. The lowest BCUT2D eigenvalue weighted by Crippen LogP contribution is -2.43. The van der Waals surface area contributed by atoms with Gasteiger partial charge < -0.3 is 23.7 Å². The molecule has 1 aliphatic rings. The van der Waals surface area contributed by atoms with E-state index in [1.165, 1.54) is 33.5 Å². The molecule has 0 saturated carbocycles. The molecule has 176 valence electrons. The SMILES string of the molecule is COc1cc(C(=O)OCC(=O)N2c3ccccc3OCC2c2ccccc2)cc(OC)c1OC. The molecule has 3 aromatic rings. The van der Waals surface area contributed by atoms with Gasteiger partial charge >= 0.3 is 5.97 Å². The zero-order valence-corrected chi connectivity index (χ0v) is 19.1. The molecule has 0 fully saturated rings. The van der Waals surface area contributed by atoms with E-state index < -0.39 is 12.6 Å². The standard InChI is InChI=1S/C26H25NO7/c1-30-22-13-18(14-23(31-2)25(22)32-3)26(29)34-16-24(28)27-19-11-7-8-12-21(19)33-15-20(27)17-9-5-4-6-10-17/h4-14,20H,15-16H2,1-3H3. The fourth-order valence-electron chi connectivity index (χ4n) is 3.90. The van der Waals surface area contributed by atoms with Crippen molar-refractivity contribution < 1.29 is 33.3 Å². The predicted octanol–water partition coefficient (Wildman–Crippen LogP) is 4.04. The van der Waals surface area contributed by atoms with Gasteiger partial charge in [0.1, 0.15) is 12.4 Å². The highest BCUT2D eigenvalue weighted by Gasteiger charge is 2.34. The lowest BCUT2D eigenvalue weighted by Gasteiger charge is -2.37. The Kier molecular flexibility index (Phi) is 6.87. The van der Waals surface area contributed by atoms with Crippen LogP contribution in [-0.2, 0) is 9.53 Å². The van der Waals surface area contributed by atoms with Crippen molar-refractivity contribution in [2.45, 2.75) is 6.04 Å². The maximum Gasteiger partial charge on any atom is 0.338 e. The Bertz CT molecular complexity index is 1150. The summed E-state index contributed by atoms with van der Waals surface area (Å²) >= 11 is 0. The first kappa shape index (κ1) is 23.0. The zero-order chi connectivity index (χ0) is 24.1. The third-order valence-electron chi connectivity index (χ3n) is 5.51. The molecule has 3 aromatic carbocycles. The average molecular weight is 463 g/mol. The van der Waals surface area contributed by atoms with Crippen molar-refractivity contribution in [3.8, 4) is 23.0 Å². The molecule has 8 heteroatoms. The van der Waals surface area contributed by atoms with Gasteiger partial charge in [0.25, 0.3) is 5.91 Å². The number of rotatable bonds is 7. The van der Waals surface area contributed by atoms with E-state index in [-0.39, 0.29) is 24.1 Å². The highest BCUT2D eigenvalue weighted by Crippen LogP contribution is 2.40. The van der Waals surface area contributed by atoms with Crippen molar-refractivity contribution in [2.75, 3.05) is 39.4 Å². The normalized spacial score (nSPS) is 14.4. The molecule has 1 amide bonds. The molecule has 0 aromatic heterocycles. The van der Waals surface area contributed by atoms with Crippen molar-refractivity contribution >= 4 is 17.6 Å². The molecule has 1 unspecified atom stereocenters. The average Bonchev–Trinajstić information content (AvgIpc) is 2.90. The van der Waals surface area contributed by atoms with Crippen LogP contribution in [0.15, 0.2) is 66.7 Å². The fourth-order valence-corrected chi connectivity index (χ4v) is 3.90. The van der Waals surface area contributed by atoms with Crippen LogP contribution in [0.2, 0.25) is 0 Å². The number of carbonyl (C=O) groups is 2. The van der Waals surface area contributed by atoms with Crippen LogP contribution in [0.25, 0.3) is 0 Å². The Hall–Kier alpha value is -4.20. The van der Waals surface area contributed by atoms with Crippen LogP contribution in [0.3, 0.4) is 0 Å². The quantitative estimate of drug-likeness (QED) is 0.489. The van der Waals surface area contributed by atoms with Gasteiger partial charge in [-0.05, 0) is 29.8 Å². The van der Waals surface area contributed by atoms with Gasteiger partial charge in [-0.3, -0.25) is 9.69 Å². The van der Waals surface area contributed by atoms with E-state index in [1.807, 2.05) is 48.5 Å². The van der Waals surface area contributed by atoms with Crippen molar-refractivity contribution in [2.24, 2.45) is 0 Å². The summed E-state index contributed by atoms with van der Waals surface area (Å²) in [7, 11) is 4.38. The number of hydrogen-bond acceptors (Lipinski definition) is 7. The molecule has 0 spiro atoms. The smallest absolute Gasteiger partial charge is 0.338 e. The largest absolute Gasteiger partial charge is 0.493 e. The van der Waals surface area contributed by atoms with Gasteiger partial charge in [-0.15, -0.1) is 0 Å². The third-order valence-corrected chi connectivity index (χ3v) is 5.51. The Balaban J connectivity index is 1.57. The maximum atomic E-state index is 13.4. The first-order valence-electron chi connectivity index (χ1n) is 10.6. The minimum Gasteiger partial charge on any atom is -0.493 e. The lowest BCUT2D eigenvalue weighted by atomic mass is 10.0. The number of ether oxygens (including phenoxy) is 5. The van der Waals surface area contributed by atoms with E-state index in [4.69, 9.17) is 23.7 Å². The number of carbonyl (C=O) groups excluding carboxylic acids is 2. The Morgan fingerprint density at radius 2 is 1.56 bits per heavy atom. The Morgan fingerprint density at radius 3 is 2.21 bits per heavy atom. The molecule has 0 saturated heterocycles. The summed E-state index contributed by atoms with van der Waals surface area (Å²) in [6.45, 7) is -0.166. The summed E-state index contributed by atoms with van der Waals surface area (Å²) in [5.74, 6) is 0.515. The molecule has 0 N–H and O–H groups in total. The van der Waals surface area contributed by atoms with Crippen LogP contribution in [0.4, 0.5) is 5.69 Å². The van der Waals surface area contributed by atoms with Gasteiger partial charge in [0.05, 0.1) is 38.6 Å². The minimum absolute atomic E-state index is 0.171. The number of esters is 1. The van der Waals surface area contributed by atoms with Crippen molar-refractivity contribution in [1.82, 2.24) is 0 Å². The van der Waals surface area contributed by atoms with Gasteiger partial charge in [-0.1, -0.05) is 42.5 Å². The highest BCUT2D eigenvalue weighted by molar-refractivity contribution is 5.99. The molecule has 0 radical (unpaired) electrons. The summed E-state index contributed by atoms with van der Waals surface area (Å²) in [6.07, 6.45) is 0. The predicted molar refractivity (Wildman–Crippen MR) is 125 cm³/mol. The van der Waals surface area contributed by atoms with E-state index in [9.17, 15) is 9.59 Å². The number of nitrogens with zero attached hydrogens (tertiary/aromatic N) is 1. The summed E-state index contributed by atoms with van der Waals surface area (Å²) in [4.78, 5) is 27.8. The van der Waals surface area contributed by atoms with Gasteiger partial charge in [0, 0.05) is 0 Å². The number of benzene rings is 3. The fraction of sp³-hybridized carbons (Fsp3) is 0.231. The van der Waals surface area contributed by atoms with Gasteiger partial charge in [0.15, 0.2) is 18.1 Å². The van der Waals surface area contributed by atoms with E-state index in [0.717, 1.165) is 5.56 Å². The van der Waals surface area contributed by atoms with Crippen LogP contribution in [-0.4, -0.2) is 46.4 Å². The number of anilines is 1. The van der Waals surface area contributed by atoms with Gasteiger partial charge in [-0.25, -0.2) is 4.79 Å². The summed E-state index contributed by atoms with van der Waals surface area (Å²) in [5, 5.41) is 0. The maximum absolute atomic E-state index is 13.4. The van der Waals surface area contributed by atoms with Crippen LogP contribution in [0, 0.1) is 0 Å². The van der Waals surface area contributed by atoms with E-state index >= 15 is 0 Å². The topological polar surface area (TPSA) is 83.5 Å². The van der Waals surface area contributed by atoms with Gasteiger partial charge in [0.2, 0.25) is 5.75 Å². The molecule has 8 nitrogen and oxygen atoms in total. The molecule has 1 heterocycles. The van der Waals surface area contributed by atoms with Gasteiger partial charge in [-0.2, -0.15) is 0 Å². The summed E-state index contributed by atoms with van der Waals surface area (Å²) < 4.78 is 27.2. The second-order valence-electron chi connectivity index (χ2n) is 7.46. The molecule has 1 aliphatic heterocycles. The molecule has 1 atom stereocenters. The number of fused-ring (bicyclic) bond motifs is 1. The number of amides is 1. The zero-order valence-electron chi connectivity index (χ0n) is 19.1. The summed E-state index contributed by atoms with van der Waals surface area (Å²) in [6, 6.07) is 19.5. The van der Waals surface area contributed by atoms with Crippen molar-refractivity contribution in [3.05, 3.63) is 77.9 Å². The van der Waals surface area contributed by atoms with Crippen molar-refractivity contribution in [3.63, 3.8) is 0 Å². The van der Waals surface area contributed by atoms with Crippen molar-refractivity contribution in [1.29, 1.82) is 0 Å². The number of hydrogen-bond donors (Lipinski definition) is 0. The van der Waals surface area contributed by atoms with Crippen LogP contribution < -0.4 is 23.8 Å². The van der Waals surface area contributed by atoms with Crippen LogP contribution >= 0.6 is 0 Å². The third kappa shape index (κ3) is 4.47. The summed E-state index contributed by atoms with van der Waals surface area (Å²) in [5.41, 5.74) is 1.71. The monoisotopic (exact) mass is 463 g/mol. The number of para-hydroxylation sites is 2. The Labute approximate surface area is 197 Å².